The number of methoxy groups -OCH3 is 1. The zero-order chi connectivity index (χ0) is 32.0. The normalized spacial score (nSPS) is 47.9. The molecule has 0 aliphatic heterocycles. The molecule has 0 bridgehead atoms. The van der Waals surface area contributed by atoms with Gasteiger partial charge in [-0.15, -0.1) is 0 Å². The Kier molecular flexibility index (Phi) is 8.19. The Labute approximate surface area is 265 Å². The number of carbonyl (C=O) groups excluding carboxylic acids is 2. The van der Waals surface area contributed by atoms with E-state index in [1.165, 1.54) is 44.0 Å². The molecule has 2 unspecified atom stereocenters. The van der Waals surface area contributed by atoms with Crippen LogP contribution in [-0.4, -0.2) is 33.8 Å². The molecule has 43 heavy (non-hydrogen) atoms. The molecule has 11 atom stereocenters. The van der Waals surface area contributed by atoms with Gasteiger partial charge < -0.3 is 14.0 Å². The van der Waals surface area contributed by atoms with Crippen LogP contribution in [0.2, 0.25) is 18.1 Å². The number of aldehydes is 1. The molecule has 5 aliphatic rings. The van der Waals surface area contributed by atoms with Gasteiger partial charge in [-0.05, 0) is 135 Å². The highest BCUT2D eigenvalue weighted by Gasteiger charge is 2.72. The number of esters is 1. The molecule has 0 aromatic rings. The first kappa shape index (κ1) is 33.4. The second-order valence-corrected chi connectivity index (χ2v) is 23.4. The summed E-state index contributed by atoms with van der Waals surface area (Å²) < 4.78 is 12.8. The first-order valence-corrected chi connectivity index (χ1v) is 20.6. The van der Waals surface area contributed by atoms with E-state index >= 15 is 0 Å². The molecule has 0 aromatic heterocycles. The molecule has 0 aromatic carbocycles. The van der Waals surface area contributed by atoms with Crippen molar-refractivity contribution in [1.82, 2.24) is 0 Å². The highest BCUT2D eigenvalue weighted by Crippen LogP contribution is 2.78. The van der Waals surface area contributed by atoms with Crippen LogP contribution in [0.5, 0.6) is 0 Å². The summed E-state index contributed by atoms with van der Waals surface area (Å²) in [5.74, 6) is 2.42. The zero-order valence-electron chi connectivity index (χ0n) is 29.7. The first-order chi connectivity index (χ1) is 19.8. The van der Waals surface area contributed by atoms with E-state index in [0.717, 1.165) is 32.1 Å². The fraction of sp³-hybridized carbons (Fsp3) is 0.895. The zero-order valence-corrected chi connectivity index (χ0v) is 30.7. The van der Waals surface area contributed by atoms with Gasteiger partial charge in [0, 0.05) is 11.8 Å². The van der Waals surface area contributed by atoms with Crippen LogP contribution in [0.1, 0.15) is 126 Å². The van der Waals surface area contributed by atoms with E-state index in [4.69, 9.17) is 9.16 Å². The van der Waals surface area contributed by atoms with Crippen molar-refractivity contribution in [1.29, 1.82) is 0 Å². The predicted octanol–water partition coefficient (Wildman–Crippen LogP) is 9.78. The van der Waals surface area contributed by atoms with E-state index in [9.17, 15) is 9.59 Å². The van der Waals surface area contributed by atoms with Crippen molar-refractivity contribution in [2.24, 2.45) is 56.7 Å². The van der Waals surface area contributed by atoms with E-state index < -0.39 is 8.32 Å². The van der Waals surface area contributed by atoms with Gasteiger partial charge in [-0.2, -0.15) is 0 Å². The Balaban J connectivity index is 1.51. The van der Waals surface area contributed by atoms with Gasteiger partial charge >= 0.3 is 5.97 Å². The second-order valence-electron chi connectivity index (χ2n) is 18.6. The third-order valence-electron chi connectivity index (χ3n) is 16.2. The van der Waals surface area contributed by atoms with Crippen LogP contribution < -0.4 is 0 Å². The Morgan fingerprint density at radius 1 is 0.907 bits per heavy atom. The molecule has 5 aliphatic carbocycles. The van der Waals surface area contributed by atoms with E-state index in [2.05, 4.69) is 75.1 Å². The minimum absolute atomic E-state index is 0.0379. The van der Waals surface area contributed by atoms with E-state index in [0.29, 0.717) is 36.0 Å². The molecule has 0 saturated heterocycles. The molecule has 4 nitrogen and oxygen atoms in total. The van der Waals surface area contributed by atoms with E-state index in [-0.39, 0.29) is 44.2 Å². The summed E-state index contributed by atoms with van der Waals surface area (Å²) in [6.07, 6.45) is 13.1. The van der Waals surface area contributed by atoms with Crippen molar-refractivity contribution >= 4 is 20.6 Å². The minimum Gasteiger partial charge on any atom is -0.469 e. The van der Waals surface area contributed by atoms with Crippen molar-refractivity contribution in [3.63, 3.8) is 0 Å². The molecular formula is C38H64O4Si. The standard InChI is InChI=1S/C38H64O4Si/c1-25(2)26-15-20-38(32(40)41-10)22-21-36(8)27(31(26)38)13-14-29-34(6)18-17-30(42-43(11,12)33(3,4)5)35(7,23-24-39)28(34)16-19-37(29,36)9/h24,26-31H,1,13-23H2,2-12H3/t26-,27+,28+,29+,30?,31+,34-,35?,36+,37+,38-/m0/s1. The average molecular weight is 613 g/mol. The minimum atomic E-state index is -1.98. The third kappa shape index (κ3) is 4.49. The van der Waals surface area contributed by atoms with Crippen molar-refractivity contribution in [2.45, 2.75) is 150 Å². The molecule has 0 radical (unpaired) electrons. The van der Waals surface area contributed by atoms with Gasteiger partial charge in [0.2, 0.25) is 0 Å². The van der Waals surface area contributed by atoms with Gasteiger partial charge in [0.15, 0.2) is 8.32 Å². The van der Waals surface area contributed by atoms with E-state index in [1.807, 2.05) is 0 Å². The first-order valence-electron chi connectivity index (χ1n) is 17.6. The number of hydrogen-bond acceptors (Lipinski definition) is 4. The highest BCUT2D eigenvalue weighted by atomic mass is 28.4. The Bertz CT molecular complexity index is 1140. The summed E-state index contributed by atoms with van der Waals surface area (Å²) in [5, 5.41) is 0.149. The molecule has 244 valence electrons. The summed E-state index contributed by atoms with van der Waals surface area (Å²) in [6, 6.07) is 0. The van der Waals surface area contributed by atoms with Crippen LogP contribution in [0.15, 0.2) is 12.2 Å². The average Bonchev–Trinajstić information content (AvgIpc) is 3.31. The lowest BCUT2D eigenvalue weighted by Gasteiger charge is -2.73. The van der Waals surface area contributed by atoms with Gasteiger partial charge in [0.05, 0.1) is 18.6 Å². The van der Waals surface area contributed by atoms with Crippen LogP contribution in [0.4, 0.5) is 0 Å². The Hall–Kier alpha value is -0.943. The van der Waals surface area contributed by atoms with Crippen LogP contribution in [-0.2, 0) is 18.8 Å². The van der Waals surface area contributed by atoms with Crippen LogP contribution in [0.3, 0.4) is 0 Å². The van der Waals surface area contributed by atoms with Crippen molar-refractivity contribution in [2.75, 3.05) is 7.11 Å². The molecule has 5 saturated carbocycles. The lowest BCUT2D eigenvalue weighted by Crippen LogP contribution is -2.68. The number of ether oxygens (including phenoxy) is 1. The number of rotatable bonds is 6. The maximum absolute atomic E-state index is 13.6. The molecule has 0 spiro atoms. The summed E-state index contributed by atoms with van der Waals surface area (Å²) in [7, 11) is -0.390. The van der Waals surface area contributed by atoms with Gasteiger partial charge in [-0.3, -0.25) is 4.79 Å². The van der Waals surface area contributed by atoms with Crippen molar-refractivity contribution in [3.05, 3.63) is 12.2 Å². The second kappa shape index (κ2) is 10.5. The maximum atomic E-state index is 13.6. The third-order valence-corrected chi connectivity index (χ3v) is 20.7. The number of allylic oxidation sites excluding steroid dienone is 1. The van der Waals surface area contributed by atoms with Gasteiger partial charge in [-0.1, -0.05) is 60.6 Å². The smallest absolute Gasteiger partial charge is 0.312 e. The van der Waals surface area contributed by atoms with E-state index in [1.54, 1.807) is 7.11 Å². The fourth-order valence-electron chi connectivity index (χ4n) is 12.7. The lowest BCUT2D eigenvalue weighted by molar-refractivity contribution is -0.249. The van der Waals surface area contributed by atoms with Gasteiger partial charge in [-0.25, -0.2) is 0 Å². The highest BCUT2D eigenvalue weighted by molar-refractivity contribution is 6.74. The fourth-order valence-corrected chi connectivity index (χ4v) is 14.1. The number of carbonyl (C=O) groups is 2. The van der Waals surface area contributed by atoms with Crippen LogP contribution >= 0.6 is 0 Å². The summed E-state index contributed by atoms with van der Waals surface area (Å²) in [4.78, 5) is 25.9. The monoisotopic (exact) mass is 612 g/mol. The predicted molar refractivity (Wildman–Crippen MR) is 178 cm³/mol. The van der Waals surface area contributed by atoms with Crippen molar-refractivity contribution in [3.8, 4) is 0 Å². The van der Waals surface area contributed by atoms with Crippen molar-refractivity contribution < 1.29 is 18.8 Å². The number of fused-ring (bicyclic) bond motifs is 7. The molecule has 0 heterocycles. The topological polar surface area (TPSA) is 52.6 Å². The van der Waals surface area contributed by atoms with Gasteiger partial charge in [0.25, 0.3) is 0 Å². The molecule has 5 fully saturated rings. The molecule has 0 amide bonds. The molecule has 5 heteroatoms. The van der Waals surface area contributed by atoms with Crippen LogP contribution in [0.25, 0.3) is 0 Å². The largest absolute Gasteiger partial charge is 0.469 e. The SMILES string of the molecule is C=C(C)[C@@H]1CC[C@]2(C(=O)OC)CC[C@]3(C)[C@H](CC[C@@H]4[C@@]5(C)CCC(O[Si](C)(C)C(C)(C)C)C(C)(CC=O)[C@@H]5CC[C@]43C)[C@@H]12. The lowest BCUT2D eigenvalue weighted by atomic mass is 9.32. The number of hydrogen-bond donors (Lipinski definition) is 0. The molecular weight excluding hydrogens is 549 g/mol. The Morgan fingerprint density at radius 3 is 2.16 bits per heavy atom. The molecule has 0 N–H and O–H groups in total. The summed E-state index contributed by atoms with van der Waals surface area (Å²) >= 11 is 0. The maximum Gasteiger partial charge on any atom is 0.312 e. The van der Waals surface area contributed by atoms with Gasteiger partial charge in [0.1, 0.15) is 6.29 Å². The Morgan fingerprint density at radius 2 is 1.58 bits per heavy atom. The summed E-state index contributed by atoms with van der Waals surface area (Å²) in [6.45, 7) is 28.7. The molecule has 5 rings (SSSR count). The quantitative estimate of drug-likeness (QED) is 0.130. The van der Waals surface area contributed by atoms with Crippen LogP contribution in [0, 0.1) is 56.7 Å². The summed E-state index contributed by atoms with van der Waals surface area (Å²) in [5.41, 5.74) is 1.36.